The number of hydrogen-bond donors (Lipinski definition) is 1. The van der Waals surface area contributed by atoms with Crippen LogP contribution in [0.15, 0.2) is 87.4 Å². The number of benzene rings is 2. The van der Waals surface area contributed by atoms with Gasteiger partial charge in [-0.2, -0.15) is 0 Å². The van der Waals surface area contributed by atoms with Crippen LogP contribution in [0.5, 0.6) is 0 Å². The normalized spacial score (nSPS) is 10.8. The first-order valence-corrected chi connectivity index (χ1v) is 11.6. The topological polar surface area (TPSA) is 77.1 Å². The molecular weight excluding hydrogens is 434 g/mol. The third-order valence-electron chi connectivity index (χ3n) is 5.40. The molecule has 0 bridgehead atoms. The largest absolute Gasteiger partial charge is 0.467 e. The molecule has 6 nitrogen and oxygen atoms in total. The van der Waals surface area contributed by atoms with Crippen molar-refractivity contribution in [2.45, 2.75) is 30.8 Å². The van der Waals surface area contributed by atoms with Gasteiger partial charge in [0.15, 0.2) is 5.16 Å². The van der Waals surface area contributed by atoms with Crippen molar-refractivity contribution in [1.29, 1.82) is 0 Å². The van der Waals surface area contributed by atoms with E-state index in [1.54, 1.807) is 30.0 Å². The van der Waals surface area contributed by atoms with Crippen LogP contribution in [-0.2, 0) is 25.8 Å². The van der Waals surface area contributed by atoms with Crippen molar-refractivity contribution in [3.63, 3.8) is 0 Å². The van der Waals surface area contributed by atoms with Crippen LogP contribution >= 0.6 is 11.8 Å². The first-order chi connectivity index (χ1) is 16.0. The number of nitrogens with one attached hydrogen (secondary N) is 1. The number of hydrogen-bond acceptors (Lipinski definition) is 5. The molecule has 4 rings (SSSR count). The fraction of sp³-hybridized carbons (Fsp3) is 0.192. The highest BCUT2D eigenvalue weighted by molar-refractivity contribution is 7.98. The number of nitrogens with zero attached hydrogens (tertiary/aromatic N) is 2. The molecule has 0 atom stereocenters. The predicted octanol–water partition coefficient (Wildman–Crippen LogP) is 4.49. The first kappa shape index (κ1) is 22.6. The molecule has 0 aliphatic heterocycles. The molecule has 1 amide bonds. The number of thioether (sulfide) groups is 1. The van der Waals surface area contributed by atoms with Crippen LogP contribution in [0.2, 0.25) is 0 Å². The number of amides is 1. The second kappa shape index (κ2) is 10.4. The van der Waals surface area contributed by atoms with Crippen LogP contribution < -0.4 is 10.9 Å². The quantitative estimate of drug-likeness (QED) is 0.310. The fourth-order valence-electron chi connectivity index (χ4n) is 3.55. The van der Waals surface area contributed by atoms with Gasteiger partial charge in [-0.15, -0.1) is 0 Å². The SMILES string of the molecule is Cc1nc(SCc2ccccc2C(=O)NCc2ccco2)n(C)c(=O)c1Cc1ccccc1. The minimum Gasteiger partial charge on any atom is -0.467 e. The lowest BCUT2D eigenvalue weighted by atomic mass is 10.1. The van der Waals surface area contributed by atoms with Gasteiger partial charge in [-0.3, -0.25) is 14.2 Å². The highest BCUT2D eigenvalue weighted by atomic mass is 32.2. The van der Waals surface area contributed by atoms with Crippen LogP contribution in [0.4, 0.5) is 0 Å². The van der Waals surface area contributed by atoms with E-state index in [9.17, 15) is 9.59 Å². The van der Waals surface area contributed by atoms with Crippen LogP contribution in [0.25, 0.3) is 0 Å². The lowest BCUT2D eigenvalue weighted by Crippen LogP contribution is -2.26. The Bertz CT molecular complexity index is 1300. The highest BCUT2D eigenvalue weighted by Crippen LogP contribution is 2.23. The van der Waals surface area contributed by atoms with E-state index in [2.05, 4.69) is 5.32 Å². The smallest absolute Gasteiger partial charge is 0.257 e. The summed E-state index contributed by atoms with van der Waals surface area (Å²) in [5, 5.41) is 3.51. The zero-order valence-corrected chi connectivity index (χ0v) is 19.4. The van der Waals surface area contributed by atoms with Gasteiger partial charge >= 0.3 is 0 Å². The zero-order valence-electron chi connectivity index (χ0n) is 18.6. The number of aromatic nitrogens is 2. The third kappa shape index (κ3) is 5.43. The summed E-state index contributed by atoms with van der Waals surface area (Å²) in [5.74, 6) is 1.04. The van der Waals surface area contributed by atoms with Gasteiger partial charge in [0, 0.05) is 36.0 Å². The van der Waals surface area contributed by atoms with Crippen molar-refractivity contribution in [2.75, 3.05) is 0 Å². The van der Waals surface area contributed by atoms with Crippen molar-refractivity contribution < 1.29 is 9.21 Å². The highest BCUT2D eigenvalue weighted by Gasteiger charge is 2.15. The Morgan fingerprint density at radius 1 is 1.06 bits per heavy atom. The average Bonchev–Trinajstić information content (AvgIpc) is 3.36. The summed E-state index contributed by atoms with van der Waals surface area (Å²) >= 11 is 1.44. The van der Waals surface area contributed by atoms with Crippen LogP contribution in [-0.4, -0.2) is 15.5 Å². The van der Waals surface area contributed by atoms with Gasteiger partial charge in [0.2, 0.25) is 0 Å². The average molecular weight is 460 g/mol. The van der Waals surface area contributed by atoms with Crippen molar-refractivity contribution in [2.24, 2.45) is 7.05 Å². The molecule has 0 radical (unpaired) electrons. The second-order valence-electron chi connectivity index (χ2n) is 7.69. The molecule has 0 aliphatic carbocycles. The summed E-state index contributed by atoms with van der Waals surface area (Å²) in [7, 11) is 1.74. The Balaban J connectivity index is 1.49. The lowest BCUT2D eigenvalue weighted by molar-refractivity contribution is 0.0947. The van der Waals surface area contributed by atoms with Gasteiger partial charge in [0.05, 0.1) is 12.8 Å². The summed E-state index contributed by atoms with van der Waals surface area (Å²) in [5.41, 5.74) is 3.94. The monoisotopic (exact) mass is 459 g/mol. The molecule has 0 saturated carbocycles. The molecule has 0 spiro atoms. The maximum absolute atomic E-state index is 13.0. The van der Waals surface area contributed by atoms with E-state index in [4.69, 9.17) is 9.40 Å². The predicted molar refractivity (Wildman–Crippen MR) is 129 cm³/mol. The fourth-order valence-corrected chi connectivity index (χ4v) is 4.56. The third-order valence-corrected chi connectivity index (χ3v) is 6.47. The van der Waals surface area contributed by atoms with Gasteiger partial charge in [-0.25, -0.2) is 4.98 Å². The molecule has 33 heavy (non-hydrogen) atoms. The Morgan fingerprint density at radius 2 is 1.82 bits per heavy atom. The number of aryl methyl sites for hydroxylation is 1. The van der Waals surface area contributed by atoms with Gasteiger partial charge in [-0.05, 0) is 36.2 Å². The Hall–Kier alpha value is -3.58. The molecule has 1 N–H and O–H groups in total. The van der Waals surface area contributed by atoms with Crippen molar-refractivity contribution in [3.05, 3.63) is 117 Å². The number of carbonyl (C=O) groups excluding carboxylic acids is 1. The molecule has 0 aliphatic rings. The van der Waals surface area contributed by atoms with Gasteiger partial charge < -0.3 is 9.73 Å². The summed E-state index contributed by atoms with van der Waals surface area (Å²) in [6, 6.07) is 21.0. The number of carbonyl (C=O) groups is 1. The Kier molecular flexibility index (Phi) is 7.10. The van der Waals surface area contributed by atoms with E-state index in [-0.39, 0.29) is 11.5 Å². The molecule has 0 saturated heterocycles. The molecule has 0 unspecified atom stereocenters. The number of furan rings is 1. The molecule has 2 heterocycles. The van der Waals surface area contributed by atoms with Crippen LogP contribution in [0, 0.1) is 6.92 Å². The van der Waals surface area contributed by atoms with E-state index in [1.807, 2.05) is 61.5 Å². The Labute approximate surface area is 196 Å². The molecule has 4 aromatic rings. The zero-order chi connectivity index (χ0) is 23.2. The minimum absolute atomic E-state index is 0.0432. The van der Waals surface area contributed by atoms with Crippen molar-refractivity contribution in [3.8, 4) is 0 Å². The molecule has 7 heteroatoms. The standard InChI is InChI=1S/C26H25N3O3S/c1-18-23(15-19-9-4-3-5-10-19)25(31)29(2)26(28-18)33-17-20-11-6-7-13-22(20)24(30)27-16-21-12-8-14-32-21/h3-14H,15-17H2,1-2H3,(H,27,30). The van der Waals surface area contributed by atoms with E-state index in [0.717, 1.165) is 16.8 Å². The second-order valence-corrected chi connectivity index (χ2v) is 8.64. The first-order valence-electron chi connectivity index (χ1n) is 10.6. The van der Waals surface area contributed by atoms with E-state index in [1.165, 1.54) is 11.8 Å². The van der Waals surface area contributed by atoms with Crippen molar-refractivity contribution >= 4 is 17.7 Å². The number of rotatable bonds is 8. The molecule has 0 fully saturated rings. The van der Waals surface area contributed by atoms with E-state index >= 15 is 0 Å². The van der Waals surface area contributed by atoms with Gasteiger partial charge in [0.25, 0.3) is 11.5 Å². The van der Waals surface area contributed by atoms with E-state index < -0.39 is 0 Å². The van der Waals surface area contributed by atoms with Crippen LogP contribution in [0.1, 0.15) is 38.5 Å². The lowest BCUT2D eigenvalue weighted by Gasteiger charge is -2.13. The minimum atomic E-state index is -0.168. The van der Waals surface area contributed by atoms with E-state index in [0.29, 0.717) is 40.8 Å². The maximum atomic E-state index is 13.0. The molecule has 168 valence electrons. The summed E-state index contributed by atoms with van der Waals surface area (Å²) < 4.78 is 6.87. The van der Waals surface area contributed by atoms with Gasteiger partial charge in [-0.1, -0.05) is 60.3 Å². The molecule has 2 aromatic carbocycles. The van der Waals surface area contributed by atoms with Gasteiger partial charge in [0.1, 0.15) is 5.76 Å². The summed E-state index contributed by atoms with van der Waals surface area (Å²) in [6.45, 7) is 2.20. The molecular formula is C26H25N3O3S. The van der Waals surface area contributed by atoms with Crippen LogP contribution in [0.3, 0.4) is 0 Å². The van der Waals surface area contributed by atoms with Crippen molar-refractivity contribution in [1.82, 2.24) is 14.9 Å². The maximum Gasteiger partial charge on any atom is 0.257 e. The molecule has 2 aromatic heterocycles. The summed E-state index contributed by atoms with van der Waals surface area (Å²) in [4.78, 5) is 30.5. The Morgan fingerprint density at radius 3 is 2.58 bits per heavy atom. The summed E-state index contributed by atoms with van der Waals surface area (Å²) in [6.07, 6.45) is 2.13.